The number of benzene rings is 1. The fourth-order valence-electron chi connectivity index (χ4n) is 1.50. The molecular formula is C13H13ClF3FeNO3. The molecule has 1 amide bonds. The van der Waals surface area contributed by atoms with Crippen LogP contribution in [0.15, 0.2) is 18.2 Å². The number of ether oxygens (including phenoxy) is 2. The zero-order valence-corrected chi connectivity index (χ0v) is 13.1. The Hall–Kier alpha value is -1.11. The Morgan fingerprint density at radius 1 is 1.41 bits per heavy atom. The molecule has 1 N–H and O–H groups in total. The van der Waals surface area contributed by atoms with E-state index < -0.39 is 12.1 Å². The van der Waals surface area contributed by atoms with Gasteiger partial charge in [-0.1, -0.05) is 0 Å². The molecule has 0 radical (unpaired) electrons. The van der Waals surface area contributed by atoms with Gasteiger partial charge in [-0.3, -0.25) is 0 Å². The second kappa shape index (κ2) is 7.44. The molecule has 1 aliphatic rings. The predicted molar refractivity (Wildman–Crippen MR) is 69.3 cm³/mol. The Labute approximate surface area is 136 Å². The van der Waals surface area contributed by atoms with Crippen molar-refractivity contribution in [3.63, 3.8) is 0 Å². The number of alkyl halides is 3. The molecule has 1 fully saturated rings. The van der Waals surface area contributed by atoms with E-state index in [1.165, 1.54) is 6.07 Å². The van der Waals surface area contributed by atoms with E-state index in [0.717, 1.165) is 25.0 Å². The Morgan fingerprint density at radius 3 is 2.73 bits per heavy atom. The second-order valence-electron chi connectivity index (χ2n) is 4.52. The zero-order chi connectivity index (χ0) is 16.2. The second-order valence-corrected chi connectivity index (χ2v) is 6.14. The molecule has 124 valence electrons. The molecule has 2 rings (SSSR count). The molecule has 0 aliphatic heterocycles. The molecule has 22 heavy (non-hydrogen) atoms. The summed E-state index contributed by atoms with van der Waals surface area (Å²) in [5.74, 6) is 0.0921. The van der Waals surface area contributed by atoms with E-state index in [4.69, 9.17) is 16.3 Å². The van der Waals surface area contributed by atoms with E-state index in [9.17, 15) is 18.0 Å². The average Bonchev–Trinajstić information content (AvgIpc) is 3.23. The number of amides is 1. The van der Waals surface area contributed by atoms with E-state index in [1.807, 2.05) is 0 Å². The number of carbonyl (C=O) groups excluding carboxylic acids is 1. The summed E-state index contributed by atoms with van der Waals surface area (Å²) in [4.78, 5) is 11.4. The standard InChI is InChI=1S/C9H7ClF3O2.C4H7NO.Fe/c1-2-14-8-4-3-6(5-7(8)10)15-9(11,12)13;5-4(6)3-1-2-3;/h3-5H,1-2H2;3H,1-2H2,(H2,5,6);/q;;+1/p-1. The summed E-state index contributed by atoms with van der Waals surface area (Å²) in [6.45, 7) is 0.296. The number of halogens is 4. The fraction of sp³-hybridized carbons (Fsp3) is 0.462. The van der Waals surface area contributed by atoms with Crippen molar-refractivity contribution in [2.45, 2.75) is 24.5 Å². The molecule has 0 aromatic heterocycles. The Bertz CT molecular complexity index is 538. The van der Waals surface area contributed by atoms with Gasteiger partial charge < -0.3 is 0 Å². The third-order valence-corrected chi connectivity index (χ3v) is 3.92. The molecule has 1 aromatic carbocycles. The quantitative estimate of drug-likeness (QED) is 0.582. The minimum absolute atomic E-state index is 0.0313. The van der Waals surface area contributed by atoms with Crippen molar-refractivity contribution in [1.29, 1.82) is 0 Å². The first-order chi connectivity index (χ1) is 10.3. The zero-order valence-electron chi connectivity index (χ0n) is 11.2. The summed E-state index contributed by atoms with van der Waals surface area (Å²) in [7, 11) is 0. The molecule has 1 saturated carbocycles. The van der Waals surface area contributed by atoms with Gasteiger partial charge in [-0.05, 0) is 0 Å². The summed E-state index contributed by atoms with van der Waals surface area (Å²) >= 11 is 6.32. The van der Waals surface area contributed by atoms with Crippen LogP contribution in [0.5, 0.6) is 11.5 Å². The number of rotatable bonds is 7. The van der Waals surface area contributed by atoms with Crippen molar-refractivity contribution in [2.75, 3.05) is 6.61 Å². The maximum atomic E-state index is 12.1. The number of nitrogens with one attached hydrogen (secondary N) is 1. The van der Waals surface area contributed by atoms with E-state index in [1.54, 1.807) is 0 Å². The van der Waals surface area contributed by atoms with Crippen molar-refractivity contribution < 1.29 is 42.6 Å². The van der Waals surface area contributed by atoms with E-state index in [0.29, 0.717) is 27.1 Å². The van der Waals surface area contributed by atoms with Gasteiger partial charge in [-0.15, -0.1) is 0 Å². The van der Waals surface area contributed by atoms with Crippen molar-refractivity contribution in [3.05, 3.63) is 23.2 Å². The number of hydrogen-bond acceptors (Lipinski definition) is 3. The third-order valence-electron chi connectivity index (χ3n) is 2.65. The normalized spacial score (nSPS) is 14.7. The van der Waals surface area contributed by atoms with Gasteiger partial charge in [0.05, 0.1) is 0 Å². The van der Waals surface area contributed by atoms with Crippen LogP contribution in [-0.4, -0.2) is 18.9 Å². The Balaban J connectivity index is 1.72. The van der Waals surface area contributed by atoms with Crippen molar-refractivity contribution in [2.24, 2.45) is 5.92 Å². The van der Waals surface area contributed by atoms with Crippen molar-refractivity contribution in [1.82, 2.24) is 4.33 Å². The van der Waals surface area contributed by atoms with Gasteiger partial charge in [-0.2, -0.15) is 0 Å². The summed E-state index contributed by atoms with van der Waals surface area (Å²) in [5.41, 5.74) is 0. The van der Waals surface area contributed by atoms with Crippen LogP contribution in [0, 0.1) is 5.92 Å². The monoisotopic (exact) mass is 379 g/mol. The minimum atomic E-state index is -4.76. The van der Waals surface area contributed by atoms with E-state index in [2.05, 4.69) is 9.07 Å². The number of carbonyl (C=O) groups is 1. The summed E-state index contributed by atoms with van der Waals surface area (Å²) < 4.78 is 48.1. The fourth-order valence-corrected chi connectivity index (χ4v) is 2.51. The first-order valence-electron chi connectivity index (χ1n) is 6.38. The van der Waals surface area contributed by atoms with Gasteiger partial charge in [0, 0.05) is 0 Å². The van der Waals surface area contributed by atoms with E-state index in [-0.39, 0.29) is 22.6 Å². The first-order valence-corrected chi connectivity index (χ1v) is 8.09. The van der Waals surface area contributed by atoms with E-state index >= 15 is 0 Å². The first kappa shape index (κ1) is 17.2. The predicted octanol–water partition coefficient (Wildman–Crippen LogP) is 3.56. The van der Waals surface area contributed by atoms with Gasteiger partial charge in [0.15, 0.2) is 0 Å². The molecule has 0 bridgehead atoms. The summed E-state index contributed by atoms with van der Waals surface area (Å²) in [5, 5.41) is 0.610. The van der Waals surface area contributed by atoms with Crippen LogP contribution < -0.4 is 13.8 Å². The van der Waals surface area contributed by atoms with Crippen LogP contribution in [0.4, 0.5) is 13.2 Å². The molecule has 0 unspecified atom stereocenters. The van der Waals surface area contributed by atoms with Crippen LogP contribution in [0.2, 0.25) is 10.3 Å². The molecule has 0 spiro atoms. The molecule has 0 atom stereocenters. The van der Waals surface area contributed by atoms with Crippen molar-refractivity contribution >= 4 is 17.5 Å². The van der Waals surface area contributed by atoms with Gasteiger partial charge in [-0.25, -0.2) is 0 Å². The molecule has 0 saturated heterocycles. The van der Waals surface area contributed by atoms with Crippen molar-refractivity contribution in [3.8, 4) is 11.5 Å². The SMILES string of the molecule is O=C([NH][Fe][CH2]COc1ccc(OC(F)(F)F)cc1Cl)C1CC1. The molecule has 0 heterocycles. The van der Waals surface area contributed by atoms with Crippen LogP contribution in [0.3, 0.4) is 0 Å². The topological polar surface area (TPSA) is 47.6 Å². The maximum absolute atomic E-state index is 12.1. The Kier molecular flexibility index (Phi) is 5.83. The molecule has 1 aliphatic carbocycles. The van der Waals surface area contributed by atoms with Gasteiger partial charge in [0.2, 0.25) is 0 Å². The summed E-state index contributed by atoms with van der Waals surface area (Å²) in [6, 6.07) is 3.48. The van der Waals surface area contributed by atoms with Crippen LogP contribution in [0.25, 0.3) is 0 Å². The van der Waals surface area contributed by atoms with Crippen LogP contribution >= 0.6 is 11.6 Å². The average molecular weight is 380 g/mol. The molecule has 1 aromatic rings. The third kappa shape index (κ3) is 5.94. The van der Waals surface area contributed by atoms with Gasteiger partial charge in [0.1, 0.15) is 0 Å². The number of hydrogen-bond donors (Lipinski definition) is 1. The van der Waals surface area contributed by atoms with Crippen LogP contribution in [0.1, 0.15) is 12.8 Å². The molecule has 4 nitrogen and oxygen atoms in total. The Morgan fingerprint density at radius 2 is 2.14 bits per heavy atom. The van der Waals surface area contributed by atoms with Gasteiger partial charge in [0.25, 0.3) is 0 Å². The summed E-state index contributed by atoms with van der Waals surface area (Å²) in [6.07, 6.45) is -2.86. The molecule has 9 heteroatoms. The van der Waals surface area contributed by atoms with Crippen LogP contribution in [-0.2, 0) is 20.0 Å². The van der Waals surface area contributed by atoms with Gasteiger partial charge >= 0.3 is 136 Å². The molecular weight excluding hydrogens is 366 g/mol.